The quantitative estimate of drug-likeness (QED) is 0.656. The lowest BCUT2D eigenvalue weighted by atomic mass is 10.2. The highest BCUT2D eigenvalue weighted by atomic mass is 32.1. The Bertz CT molecular complexity index is 276. The summed E-state index contributed by atoms with van der Waals surface area (Å²) in [4.78, 5) is 3.75. The van der Waals surface area contributed by atoms with Crippen molar-refractivity contribution in [2.45, 2.75) is 20.3 Å². The van der Waals surface area contributed by atoms with E-state index in [1.807, 2.05) is 13.8 Å². The molecule has 0 bridgehead atoms. The van der Waals surface area contributed by atoms with E-state index in [4.69, 9.17) is 18.0 Å². The summed E-state index contributed by atoms with van der Waals surface area (Å²) in [5.74, 6) is 0. The molecule has 1 heterocycles. The molecule has 11 heavy (non-hydrogen) atoms. The third-order valence-electron chi connectivity index (χ3n) is 1.62. The van der Waals surface area contributed by atoms with E-state index in [9.17, 15) is 0 Å². The highest BCUT2D eigenvalue weighted by molar-refractivity contribution is 7.80. The zero-order valence-electron chi connectivity index (χ0n) is 6.77. The molecule has 1 aromatic rings. The number of H-pyrrole nitrogens is 1. The van der Waals surface area contributed by atoms with Gasteiger partial charge in [0.2, 0.25) is 0 Å². The first kappa shape index (κ1) is 8.27. The highest BCUT2D eigenvalue weighted by Gasteiger charge is 2.01. The number of thiocarbonyl (C=S) groups is 1. The van der Waals surface area contributed by atoms with E-state index in [0.717, 1.165) is 11.4 Å². The Balaban J connectivity index is 2.85. The Morgan fingerprint density at radius 1 is 1.64 bits per heavy atom. The van der Waals surface area contributed by atoms with Crippen LogP contribution in [0.15, 0.2) is 6.07 Å². The van der Waals surface area contributed by atoms with Crippen molar-refractivity contribution in [2.24, 2.45) is 5.73 Å². The van der Waals surface area contributed by atoms with Gasteiger partial charge >= 0.3 is 0 Å². The average Bonchev–Trinajstić information content (AvgIpc) is 2.09. The van der Waals surface area contributed by atoms with E-state index >= 15 is 0 Å². The largest absolute Gasteiger partial charge is 0.393 e. The molecule has 0 aliphatic heterocycles. The van der Waals surface area contributed by atoms with Gasteiger partial charge in [-0.2, -0.15) is 0 Å². The van der Waals surface area contributed by atoms with Crippen molar-refractivity contribution < 1.29 is 0 Å². The van der Waals surface area contributed by atoms with Gasteiger partial charge in [0.1, 0.15) is 0 Å². The number of aryl methyl sites for hydroxylation is 2. The summed E-state index contributed by atoms with van der Waals surface area (Å²) in [6.45, 7) is 4.05. The molecular weight excluding hydrogens is 156 g/mol. The van der Waals surface area contributed by atoms with Crippen molar-refractivity contribution >= 4 is 17.2 Å². The summed E-state index contributed by atoms with van der Waals surface area (Å²) in [7, 11) is 0. The van der Waals surface area contributed by atoms with E-state index in [-0.39, 0.29) is 0 Å². The molecule has 60 valence electrons. The molecule has 0 atom stereocenters. The molecular formula is C8H12N2S. The molecule has 0 aromatic carbocycles. The Morgan fingerprint density at radius 3 is 2.64 bits per heavy atom. The zero-order chi connectivity index (χ0) is 8.43. The number of hydrogen-bond donors (Lipinski definition) is 2. The highest BCUT2D eigenvalue weighted by Crippen LogP contribution is 2.09. The molecule has 0 aliphatic rings. The van der Waals surface area contributed by atoms with Gasteiger partial charge in [0.15, 0.2) is 0 Å². The van der Waals surface area contributed by atoms with Crippen molar-refractivity contribution in [3.8, 4) is 0 Å². The second-order valence-electron chi connectivity index (χ2n) is 2.75. The van der Waals surface area contributed by atoms with E-state index in [1.54, 1.807) is 0 Å². The molecule has 3 heteroatoms. The van der Waals surface area contributed by atoms with Gasteiger partial charge in [-0.1, -0.05) is 12.2 Å². The molecule has 0 saturated heterocycles. The van der Waals surface area contributed by atoms with Crippen LogP contribution in [0.2, 0.25) is 0 Å². The molecule has 2 nitrogen and oxygen atoms in total. The lowest BCUT2D eigenvalue weighted by molar-refractivity contribution is 1.16. The maximum absolute atomic E-state index is 5.42. The third kappa shape index (κ3) is 2.05. The SMILES string of the molecule is Cc1cc(CC(N)=S)c(C)[nH]1. The average molecular weight is 168 g/mol. The van der Waals surface area contributed by atoms with Crippen molar-refractivity contribution in [3.63, 3.8) is 0 Å². The van der Waals surface area contributed by atoms with Crippen LogP contribution in [-0.2, 0) is 6.42 Å². The van der Waals surface area contributed by atoms with Crippen molar-refractivity contribution in [1.29, 1.82) is 0 Å². The van der Waals surface area contributed by atoms with Crippen LogP contribution in [0.3, 0.4) is 0 Å². The van der Waals surface area contributed by atoms with Gasteiger partial charge in [0.25, 0.3) is 0 Å². The lowest BCUT2D eigenvalue weighted by Crippen LogP contribution is -2.11. The number of nitrogens with two attached hydrogens (primary N) is 1. The molecule has 0 saturated carbocycles. The molecule has 1 aromatic heterocycles. The fourth-order valence-electron chi connectivity index (χ4n) is 1.15. The van der Waals surface area contributed by atoms with E-state index in [0.29, 0.717) is 11.4 Å². The molecule has 0 spiro atoms. The molecule has 0 aliphatic carbocycles. The fourth-order valence-corrected chi connectivity index (χ4v) is 1.31. The predicted molar refractivity (Wildman–Crippen MR) is 50.8 cm³/mol. The molecule has 0 amide bonds. The van der Waals surface area contributed by atoms with E-state index in [2.05, 4.69) is 11.1 Å². The standard InChI is InChI=1S/C8H12N2S/c1-5-3-7(4-8(9)11)6(2)10-5/h3,10H,4H2,1-2H3,(H2,9,11). The fraction of sp³-hybridized carbons (Fsp3) is 0.375. The number of hydrogen-bond acceptors (Lipinski definition) is 1. The Labute approximate surface area is 71.8 Å². The van der Waals surface area contributed by atoms with Crippen LogP contribution < -0.4 is 5.73 Å². The summed E-state index contributed by atoms with van der Waals surface area (Å²) in [5.41, 5.74) is 8.95. The summed E-state index contributed by atoms with van der Waals surface area (Å²) >= 11 is 4.81. The van der Waals surface area contributed by atoms with Crippen LogP contribution in [0.5, 0.6) is 0 Å². The predicted octanol–water partition coefficient (Wildman–Crippen LogP) is 1.46. The number of aromatic amines is 1. The molecule has 3 N–H and O–H groups in total. The van der Waals surface area contributed by atoms with Gasteiger partial charge in [-0.15, -0.1) is 0 Å². The maximum Gasteiger partial charge on any atom is 0.0772 e. The first-order chi connectivity index (χ1) is 5.09. The van der Waals surface area contributed by atoms with Gasteiger partial charge in [0, 0.05) is 17.8 Å². The number of aromatic nitrogens is 1. The van der Waals surface area contributed by atoms with Crippen LogP contribution in [0.4, 0.5) is 0 Å². The Morgan fingerprint density at radius 2 is 2.27 bits per heavy atom. The zero-order valence-corrected chi connectivity index (χ0v) is 7.59. The Kier molecular flexibility index (Phi) is 2.29. The van der Waals surface area contributed by atoms with Crippen LogP contribution in [-0.4, -0.2) is 9.97 Å². The van der Waals surface area contributed by atoms with Crippen LogP contribution in [0.1, 0.15) is 17.0 Å². The molecule has 0 fully saturated rings. The van der Waals surface area contributed by atoms with Crippen molar-refractivity contribution in [1.82, 2.24) is 4.98 Å². The van der Waals surface area contributed by atoms with Crippen LogP contribution in [0.25, 0.3) is 0 Å². The minimum Gasteiger partial charge on any atom is -0.393 e. The van der Waals surface area contributed by atoms with Crippen LogP contribution >= 0.6 is 12.2 Å². The lowest BCUT2D eigenvalue weighted by Gasteiger charge is -1.95. The normalized spacial score (nSPS) is 10.0. The van der Waals surface area contributed by atoms with Crippen LogP contribution in [0, 0.1) is 13.8 Å². The number of nitrogens with one attached hydrogen (secondary N) is 1. The summed E-state index contributed by atoms with van der Waals surface area (Å²) in [5, 5.41) is 0. The minimum absolute atomic E-state index is 0.548. The first-order valence-corrected chi connectivity index (χ1v) is 3.94. The van der Waals surface area contributed by atoms with Gasteiger partial charge in [-0.05, 0) is 25.5 Å². The molecule has 1 rings (SSSR count). The van der Waals surface area contributed by atoms with Gasteiger partial charge < -0.3 is 10.7 Å². The smallest absolute Gasteiger partial charge is 0.0772 e. The molecule has 0 radical (unpaired) electrons. The topological polar surface area (TPSA) is 41.8 Å². The van der Waals surface area contributed by atoms with Gasteiger partial charge in [-0.3, -0.25) is 0 Å². The Hall–Kier alpha value is -0.830. The van der Waals surface area contributed by atoms with Gasteiger partial charge in [0.05, 0.1) is 4.99 Å². The first-order valence-electron chi connectivity index (χ1n) is 3.53. The molecule has 0 unspecified atom stereocenters. The second-order valence-corrected chi connectivity index (χ2v) is 3.27. The maximum atomic E-state index is 5.42. The second kappa shape index (κ2) is 3.05. The van der Waals surface area contributed by atoms with Crippen molar-refractivity contribution in [3.05, 3.63) is 23.0 Å². The summed E-state index contributed by atoms with van der Waals surface area (Å²) in [6, 6.07) is 2.08. The van der Waals surface area contributed by atoms with E-state index in [1.165, 1.54) is 5.56 Å². The summed E-state index contributed by atoms with van der Waals surface area (Å²) < 4.78 is 0. The van der Waals surface area contributed by atoms with E-state index < -0.39 is 0 Å². The van der Waals surface area contributed by atoms with Crippen molar-refractivity contribution in [2.75, 3.05) is 0 Å². The van der Waals surface area contributed by atoms with Gasteiger partial charge in [-0.25, -0.2) is 0 Å². The third-order valence-corrected chi connectivity index (χ3v) is 1.77. The summed E-state index contributed by atoms with van der Waals surface area (Å²) in [6.07, 6.45) is 0.700. The minimum atomic E-state index is 0.548. The monoisotopic (exact) mass is 168 g/mol. The number of rotatable bonds is 2.